The summed E-state index contributed by atoms with van der Waals surface area (Å²) in [6.45, 7) is 5.74. The maximum atomic E-state index is 12.9. The van der Waals surface area contributed by atoms with Gasteiger partial charge in [-0.1, -0.05) is 13.8 Å². The van der Waals surface area contributed by atoms with Crippen molar-refractivity contribution in [3.63, 3.8) is 0 Å². The van der Waals surface area contributed by atoms with Crippen molar-refractivity contribution >= 4 is 11.8 Å². The van der Waals surface area contributed by atoms with Gasteiger partial charge in [-0.2, -0.15) is 0 Å². The maximum Gasteiger partial charge on any atom is 0.249 e. The molecule has 3 aliphatic rings. The third kappa shape index (κ3) is 1.86. The van der Waals surface area contributed by atoms with Gasteiger partial charge in [0.25, 0.3) is 0 Å². The predicted octanol–water partition coefficient (Wildman–Crippen LogP) is 1.21. The Balaban J connectivity index is 1.91. The lowest BCUT2D eigenvalue weighted by Crippen LogP contribution is -2.71. The van der Waals surface area contributed by atoms with Gasteiger partial charge in [0.2, 0.25) is 11.8 Å². The minimum Gasteiger partial charge on any atom is -0.373 e. The van der Waals surface area contributed by atoms with Crippen LogP contribution in [0.5, 0.6) is 0 Å². The fourth-order valence-electron chi connectivity index (χ4n) is 3.87. The summed E-state index contributed by atoms with van der Waals surface area (Å²) in [5.41, 5.74) is -0.759. The van der Waals surface area contributed by atoms with Crippen LogP contribution < -0.4 is 5.32 Å². The second-order valence-corrected chi connectivity index (χ2v) is 6.49. The number of ether oxygens (including phenoxy) is 1. The lowest BCUT2D eigenvalue weighted by atomic mass is 9.86. The first-order chi connectivity index (χ1) is 9.50. The molecule has 3 heterocycles. The maximum absolute atomic E-state index is 12.9. The van der Waals surface area contributed by atoms with Crippen molar-refractivity contribution in [1.82, 2.24) is 10.2 Å². The summed E-state index contributed by atoms with van der Waals surface area (Å²) in [7, 11) is 0. The highest BCUT2D eigenvalue weighted by Gasteiger charge is 2.54. The number of carbonyl (C=O) groups excluding carboxylic acids is 2. The highest BCUT2D eigenvalue weighted by Crippen LogP contribution is 2.40. The quantitative estimate of drug-likeness (QED) is 0.845. The molecule has 3 fully saturated rings. The molecule has 5 heteroatoms. The molecule has 5 atom stereocenters. The first-order valence-electron chi connectivity index (χ1n) is 7.80. The molecule has 3 rings (SSSR count). The molecule has 0 aromatic rings. The Hall–Kier alpha value is -1.10. The van der Waals surface area contributed by atoms with Crippen molar-refractivity contribution in [3.05, 3.63) is 0 Å². The number of hydrogen-bond acceptors (Lipinski definition) is 3. The van der Waals surface area contributed by atoms with Crippen molar-refractivity contribution in [3.8, 4) is 0 Å². The molecule has 0 spiro atoms. The van der Waals surface area contributed by atoms with Crippen molar-refractivity contribution in [2.45, 2.75) is 82.7 Å². The molecule has 1 N–H and O–H groups in total. The summed E-state index contributed by atoms with van der Waals surface area (Å²) < 4.78 is 5.89. The van der Waals surface area contributed by atoms with Crippen LogP contribution in [0.15, 0.2) is 0 Å². The molecular formula is C15H24N2O3. The summed E-state index contributed by atoms with van der Waals surface area (Å²) in [4.78, 5) is 27.1. The Kier molecular flexibility index (Phi) is 3.27. The smallest absolute Gasteiger partial charge is 0.249 e. The van der Waals surface area contributed by atoms with E-state index in [-0.39, 0.29) is 36.1 Å². The fraction of sp³-hybridized carbons (Fsp3) is 0.867. The Morgan fingerprint density at radius 3 is 2.60 bits per heavy atom. The van der Waals surface area contributed by atoms with Gasteiger partial charge in [-0.25, -0.2) is 0 Å². The molecule has 3 saturated heterocycles. The van der Waals surface area contributed by atoms with Crippen LogP contribution in [-0.4, -0.2) is 46.5 Å². The monoisotopic (exact) mass is 280 g/mol. The van der Waals surface area contributed by atoms with E-state index < -0.39 is 5.54 Å². The number of nitrogens with zero attached hydrogens (tertiary/aromatic N) is 1. The molecule has 0 saturated carbocycles. The number of nitrogens with one attached hydrogen (secondary N) is 1. The van der Waals surface area contributed by atoms with Crippen molar-refractivity contribution in [1.29, 1.82) is 0 Å². The van der Waals surface area contributed by atoms with Gasteiger partial charge in [0.1, 0.15) is 11.6 Å². The molecule has 0 aromatic heterocycles. The van der Waals surface area contributed by atoms with Crippen molar-refractivity contribution in [2.75, 3.05) is 0 Å². The van der Waals surface area contributed by atoms with Crippen LogP contribution in [0.25, 0.3) is 0 Å². The first-order valence-corrected chi connectivity index (χ1v) is 7.80. The molecule has 112 valence electrons. The van der Waals surface area contributed by atoms with E-state index >= 15 is 0 Å². The van der Waals surface area contributed by atoms with E-state index in [0.29, 0.717) is 12.8 Å². The molecule has 2 amide bonds. The van der Waals surface area contributed by atoms with Crippen molar-refractivity contribution < 1.29 is 14.3 Å². The lowest BCUT2D eigenvalue weighted by molar-refractivity contribution is -0.158. The van der Waals surface area contributed by atoms with Gasteiger partial charge in [0.15, 0.2) is 0 Å². The minimum absolute atomic E-state index is 0.0146. The summed E-state index contributed by atoms with van der Waals surface area (Å²) in [5.74, 6) is 0.0480. The largest absolute Gasteiger partial charge is 0.373 e. The molecular weight excluding hydrogens is 256 g/mol. The third-order valence-corrected chi connectivity index (χ3v) is 5.27. The molecule has 3 aliphatic heterocycles. The molecule has 0 radical (unpaired) electrons. The van der Waals surface area contributed by atoms with Gasteiger partial charge >= 0.3 is 0 Å². The highest BCUT2D eigenvalue weighted by atomic mass is 16.5. The van der Waals surface area contributed by atoms with Crippen LogP contribution in [0.3, 0.4) is 0 Å². The van der Waals surface area contributed by atoms with E-state index in [9.17, 15) is 9.59 Å². The van der Waals surface area contributed by atoms with E-state index in [2.05, 4.69) is 5.32 Å². The van der Waals surface area contributed by atoms with Crippen LogP contribution in [0.2, 0.25) is 0 Å². The summed E-state index contributed by atoms with van der Waals surface area (Å²) >= 11 is 0. The van der Waals surface area contributed by atoms with Crippen LogP contribution >= 0.6 is 0 Å². The average molecular weight is 280 g/mol. The Morgan fingerprint density at radius 1 is 1.35 bits per heavy atom. The molecule has 5 nitrogen and oxygen atoms in total. The normalized spacial score (nSPS) is 44.0. The van der Waals surface area contributed by atoms with Crippen LogP contribution in [-0.2, 0) is 14.3 Å². The van der Waals surface area contributed by atoms with E-state index in [0.717, 1.165) is 19.3 Å². The Labute approximate surface area is 120 Å². The topological polar surface area (TPSA) is 58.6 Å². The summed E-state index contributed by atoms with van der Waals surface area (Å²) in [5, 5.41) is 2.92. The Morgan fingerprint density at radius 2 is 2.10 bits per heavy atom. The van der Waals surface area contributed by atoms with E-state index in [1.807, 2.05) is 25.7 Å². The predicted molar refractivity (Wildman–Crippen MR) is 74.1 cm³/mol. The number of carbonyl (C=O) groups is 2. The SMILES string of the molecule is CCC1C(=O)NC(C)(CC)C(=O)N1C1CC2CCC1O2. The van der Waals surface area contributed by atoms with Gasteiger partial charge < -0.3 is 15.0 Å². The van der Waals surface area contributed by atoms with Crippen LogP contribution in [0.1, 0.15) is 52.9 Å². The van der Waals surface area contributed by atoms with E-state index in [1.54, 1.807) is 0 Å². The lowest BCUT2D eigenvalue weighted by Gasteiger charge is -2.47. The molecule has 5 unspecified atom stereocenters. The molecule has 0 aromatic carbocycles. The fourth-order valence-corrected chi connectivity index (χ4v) is 3.87. The zero-order chi connectivity index (χ0) is 14.5. The number of amides is 2. The first kappa shape index (κ1) is 13.9. The molecule has 0 aliphatic carbocycles. The second kappa shape index (κ2) is 4.72. The zero-order valence-electron chi connectivity index (χ0n) is 12.5. The van der Waals surface area contributed by atoms with Crippen LogP contribution in [0.4, 0.5) is 0 Å². The summed E-state index contributed by atoms with van der Waals surface area (Å²) in [6.07, 6.45) is 4.69. The van der Waals surface area contributed by atoms with Gasteiger partial charge in [-0.15, -0.1) is 0 Å². The van der Waals surface area contributed by atoms with Gasteiger partial charge in [-0.05, 0) is 39.0 Å². The highest BCUT2D eigenvalue weighted by molar-refractivity contribution is 5.99. The minimum atomic E-state index is -0.759. The van der Waals surface area contributed by atoms with Crippen molar-refractivity contribution in [2.24, 2.45) is 0 Å². The molecule has 2 bridgehead atoms. The number of fused-ring (bicyclic) bond motifs is 2. The van der Waals surface area contributed by atoms with E-state index in [1.165, 1.54) is 0 Å². The number of rotatable bonds is 3. The van der Waals surface area contributed by atoms with Gasteiger partial charge in [0.05, 0.1) is 18.2 Å². The van der Waals surface area contributed by atoms with E-state index in [4.69, 9.17) is 4.74 Å². The van der Waals surface area contributed by atoms with Crippen LogP contribution in [0, 0.1) is 0 Å². The van der Waals surface area contributed by atoms with Gasteiger partial charge in [-0.3, -0.25) is 9.59 Å². The summed E-state index contributed by atoms with van der Waals surface area (Å²) in [6, 6.07) is -0.252. The third-order valence-electron chi connectivity index (χ3n) is 5.27. The Bertz CT molecular complexity index is 439. The second-order valence-electron chi connectivity index (χ2n) is 6.49. The average Bonchev–Trinajstić information content (AvgIpc) is 3.04. The number of hydrogen-bond donors (Lipinski definition) is 1. The number of piperazine rings is 1. The van der Waals surface area contributed by atoms with Gasteiger partial charge in [0, 0.05) is 0 Å². The standard InChI is InChI=1S/C15H24N2O3/c1-4-10-13(18)16-15(3,5-2)14(19)17(10)11-8-9-6-7-12(11)20-9/h9-12H,4-8H2,1-3H3,(H,16,18). The zero-order valence-corrected chi connectivity index (χ0v) is 12.5. The molecule has 20 heavy (non-hydrogen) atoms.